The fourth-order valence-corrected chi connectivity index (χ4v) is 4.02. The van der Waals surface area contributed by atoms with E-state index >= 15 is 0 Å². The summed E-state index contributed by atoms with van der Waals surface area (Å²) in [7, 11) is 0. The highest BCUT2D eigenvalue weighted by Gasteiger charge is 2.51. The first kappa shape index (κ1) is 13.1. The zero-order valence-corrected chi connectivity index (χ0v) is 12.1. The van der Waals surface area contributed by atoms with Crippen molar-refractivity contribution in [2.45, 2.75) is 45.1 Å². The zero-order chi connectivity index (χ0) is 13.3. The third-order valence-electron chi connectivity index (χ3n) is 5.00. The van der Waals surface area contributed by atoms with E-state index in [2.05, 4.69) is 43.4 Å². The molecule has 1 atom stereocenters. The second-order valence-corrected chi connectivity index (χ2v) is 6.27. The quantitative estimate of drug-likeness (QED) is 0.899. The summed E-state index contributed by atoms with van der Waals surface area (Å²) in [5.74, 6) is 0.665. The van der Waals surface area contributed by atoms with Crippen molar-refractivity contribution in [3.05, 3.63) is 35.4 Å². The fourth-order valence-electron chi connectivity index (χ4n) is 4.02. The summed E-state index contributed by atoms with van der Waals surface area (Å²) < 4.78 is 5.79. The molecule has 1 N–H and O–H groups in total. The van der Waals surface area contributed by atoms with Gasteiger partial charge in [-0.1, -0.05) is 29.8 Å². The molecule has 3 rings (SSSR count). The smallest absolute Gasteiger partial charge is 0.0586 e. The lowest BCUT2D eigenvalue weighted by Crippen LogP contribution is -2.53. The molecule has 0 radical (unpaired) electrons. The minimum Gasteiger partial charge on any atom is -0.378 e. The molecule has 1 spiro atoms. The lowest BCUT2D eigenvalue weighted by Gasteiger charge is -2.55. The molecule has 2 fully saturated rings. The van der Waals surface area contributed by atoms with Gasteiger partial charge in [0.15, 0.2) is 0 Å². The van der Waals surface area contributed by atoms with E-state index in [1.807, 2.05) is 0 Å². The molecule has 1 aliphatic carbocycles. The molecule has 1 aliphatic heterocycles. The van der Waals surface area contributed by atoms with E-state index in [-0.39, 0.29) is 0 Å². The van der Waals surface area contributed by atoms with Crippen molar-refractivity contribution in [3.63, 3.8) is 0 Å². The van der Waals surface area contributed by atoms with E-state index < -0.39 is 0 Å². The number of benzene rings is 1. The molecular weight excluding hydrogens is 234 g/mol. The molecule has 0 bridgehead atoms. The summed E-state index contributed by atoms with van der Waals surface area (Å²) in [6.07, 6.45) is 4.31. The summed E-state index contributed by atoms with van der Waals surface area (Å²) >= 11 is 0. The van der Waals surface area contributed by atoms with Crippen molar-refractivity contribution in [1.29, 1.82) is 0 Å². The molecule has 1 aromatic rings. The standard InChI is InChI=1S/C17H25NO/c1-3-19-15-10-17(11-15)7-8-18-12-16(17)14-6-4-5-13(2)9-14/h4-6,9,15-16,18H,3,7-8,10-12H2,1-2H3. The van der Waals surface area contributed by atoms with Gasteiger partial charge in [0.25, 0.3) is 0 Å². The largest absolute Gasteiger partial charge is 0.378 e. The van der Waals surface area contributed by atoms with Crippen LogP contribution in [0.2, 0.25) is 0 Å². The monoisotopic (exact) mass is 259 g/mol. The molecule has 2 nitrogen and oxygen atoms in total. The maximum atomic E-state index is 5.79. The van der Waals surface area contributed by atoms with E-state index in [0.717, 1.165) is 13.2 Å². The van der Waals surface area contributed by atoms with Gasteiger partial charge in [0.2, 0.25) is 0 Å². The van der Waals surface area contributed by atoms with E-state index in [1.165, 1.54) is 36.9 Å². The first-order valence-electron chi connectivity index (χ1n) is 7.62. The fraction of sp³-hybridized carbons (Fsp3) is 0.647. The number of aryl methyl sites for hydroxylation is 1. The van der Waals surface area contributed by atoms with E-state index in [0.29, 0.717) is 17.4 Å². The molecule has 1 unspecified atom stereocenters. The average Bonchev–Trinajstić information content (AvgIpc) is 2.38. The Bertz CT molecular complexity index is 437. The van der Waals surface area contributed by atoms with Gasteiger partial charge in [0.1, 0.15) is 0 Å². The van der Waals surface area contributed by atoms with Crippen molar-refractivity contribution >= 4 is 0 Å². The van der Waals surface area contributed by atoms with Crippen molar-refractivity contribution in [2.24, 2.45) is 5.41 Å². The van der Waals surface area contributed by atoms with Gasteiger partial charge in [0.05, 0.1) is 6.10 Å². The van der Waals surface area contributed by atoms with Crippen LogP contribution in [0.3, 0.4) is 0 Å². The van der Waals surface area contributed by atoms with Gasteiger partial charge in [-0.25, -0.2) is 0 Å². The Balaban J connectivity index is 1.79. The van der Waals surface area contributed by atoms with Gasteiger partial charge in [-0.05, 0) is 50.6 Å². The molecule has 1 heterocycles. The summed E-state index contributed by atoms with van der Waals surface area (Å²) in [5.41, 5.74) is 3.39. The lowest BCUT2D eigenvalue weighted by molar-refractivity contribution is -0.0995. The summed E-state index contributed by atoms with van der Waals surface area (Å²) in [4.78, 5) is 0. The Labute approximate surface area is 116 Å². The van der Waals surface area contributed by atoms with Crippen molar-refractivity contribution in [3.8, 4) is 0 Å². The third kappa shape index (κ3) is 2.44. The molecule has 1 aromatic carbocycles. The number of piperidine rings is 1. The van der Waals surface area contributed by atoms with Crippen LogP contribution in [0.4, 0.5) is 0 Å². The van der Waals surface area contributed by atoms with Gasteiger partial charge >= 0.3 is 0 Å². The van der Waals surface area contributed by atoms with E-state index in [4.69, 9.17) is 4.74 Å². The van der Waals surface area contributed by atoms with Gasteiger partial charge < -0.3 is 10.1 Å². The second-order valence-electron chi connectivity index (χ2n) is 6.27. The van der Waals surface area contributed by atoms with Crippen LogP contribution in [0.1, 0.15) is 43.2 Å². The molecule has 1 saturated heterocycles. The normalized spacial score (nSPS) is 34.2. The Kier molecular flexibility index (Phi) is 3.64. The predicted molar refractivity (Wildman–Crippen MR) is 78.5 cm³/mol. The number of hydrogen-bond donors (Lipinski definition) is 1. The second kappa shape index (κ2) is 5.26. The Morgan fingerprint density at radius 2 is 2.21 bits per heavy atom. The summed E-state index contributed by atoms with van der Waals surface area (Å²) in [6, 6.07) is 9.07. The van der Waals surface area contributed by atoms with Gasteiger partial charge in [-0.3, -0.25) is 0 Å². The molecule has 104 valence electrons. The summed E-state index contributed by atoms with van der Waals surface area (Å²) in [5, 5.41) is 3.58. The number of ether oxygens (including phenoxy) is 1. The predicted octanol–water partition coefficient (Wildman–Crippen LogP) is 3.26. The SMILES string of the molecule is CCOC1CC2(CCNCC2c2cccc(C)c2)C1. The number of rotatable bonds is 3. The zero-order valence-electron chi connectivity index (χ0n) is 12.1. The molecule has 2 aliphatic rings. The summed E-state index contributed by atoms with van der Waals surface area (Å²) in [6.45, 7) is 7.44. The van der Waals surface area contributed by atoms with Crippen LogP contribution < -0.4 is 5.32 Å². The average molecular weight is 259 g/mol. The van der Waals surface area contributed by atoms with Crippen molar-refractivity contribution in [2.75, 3.05) is 19.7 Å². The highest BCUT2D eigenvalue weighted by atomic mass is 16.5. The number of nitrogens with one attached hydrogen (secondary N) is 1. The first-order chi connectivity index (χ1) is 9.23. The highest BCUT2D eigenvalue weighted by molar-refractivity contribution is 5.29. The number of hydrogen-bond acceptors (Lipinski definition) is 2. The lowest BCUT2D eigenvalue weighted by atomic mass is 9.55. The Hall–Kier alpha value is -0.860. The molecule has 19 heavy (non-hydrogen) atoms. The molecule has 0 amide bonds. The molecule has 1 saturated carbocycles. The van der Waals surface area contributed by atoms with E-state index in [9.17, 15) is 0 Å². The first-order valence-corrected chi connectivity index (χ1v) is 7.62. The third-order valence-corrected chi connectivity index (χ3v) is 5.00. The van der Waals surface area contributed by atoms with Crippen LogP contribution in [0, 0.1) is 12.3 Å². The van der Waals surface area contributed by atoms with Crippen LogP contribution in [-0.4, -0.2) is 25.8 Å². The van der Waals surface area contributed by atoms with Crippen LogP contribution >= 0.6 is 0 Å². The van der Waals surface area contributed by atoms with Gasteiger partial charge in [0, 0.05) is 19.1 Å². The Morgan fingerprint density at radius 1 is 1.37 bits per heavy atom. The van der Waals surface area contributed by atoms with Gasteiger partial charge in [-0.15, -0.1) is 0 Å². The molecule has 2 heteroatoms. The van der Waals surface area contributed by atoms with Crippen LogP contribution in [0.5, 0.6) is 0 Å². The van der Waals surface area contributed by atoms with E-state index in [1.54, 1.807) is 0 Å². The minimum absolute atomic E-state index is 0.499. The van der Waals surface area contributed by atoms with Crippen molar-refractivity contribution < 1.29 is 4.74 Å². The maximum Gasteiger partial charge on any atom is 0.0586 e. The van der Waals surface area contributed by atoms with Gasteiger partial charge in [-0.2, -0.15) is 0 Å². The van der Waals surface area contributed by atoms with Crippen molar-refractivity contribution in [1.82, 2.24) is 5.32 Å². The minimum atomic E-state index is 0.499. The topological polar surface area (TPSA) is 21.3 Å². The molecular formula is C17H25NO. The van der Waals surface area contributed by atoms with Crippen LogP contribution in [-0.2, 0) is 4.74 Å². The maximum absolute atomic E-state index is 5.79. The highest BCUT2D eigenvalue weighted by Crippen LogP contribution is 2.55. The van der Waals surface area contributed by atoms with Crippen LogP contribution in [0.15, 0.2) is 24.3 Å². The Morgan fingerprint density at radius 3 is 2.95 bits per heavy atom. The molecule has 0 aromatic heterocycles. The van der Waals surface area contributed by atoms with Crippen LogP contribution in [0.25, 0.3) is 0 Å².